The lowest BCUT2D eigenvalue weighted by Crippen LogP contribution is -2.55. The second-order valence-corrected chi connectivity index (χ2v) is 8.00. The summed E-state index contributed by atoms with van der Waals surface area (Å²) in [5, 5.41) is 3.76. The predicted molar refractivity (Wildman–Crippen MR) is 76.6 cm³/mol. The van der Waals surface area contributed by atoms with Crippen molar-refractivity contribution in [3.05, 3.63) is 34.3 Å². The maximum Gasteiger partial charge on any atom is 0.0515 e. The number of hydrogen-bond donors (Lipinski definition) is 1. The van der Waals surface area contributed by atoms with Crippen molar-refractivity contribution in [3.63, 3.8) is 0 Å². The molecule has 0 aromatic heterocycles. The van der Waals surface area contributed by atoms with Crippen LogP contribution in [0.2, 0.25) is 0 Å². The molecule has 0 aliphatic carbocycles. The average molecular weight is 316 g/mol. The van der Waals surface area contributed by atoms with E-state index in [9.17, 15) is 4.21 Å². The molecule has 0 spiro atoms. The molecule has 0 amide bonds. The van der Waals surface area contributed by atoms with Gasteiger partial charge in [0.15, 0.2) is 0 Å². The SMILES string of the molecule is CC1C(c2ccc(Br)cc2)NC(C)(C)CS1=O. The Morgan fingerprint density at radius 2 is 1.94 bits per heavy atom. The van der Waals surface area contributed by atoms with E-state index in [1.165, 1.54) is 5.56 Å². The first-order valence-electron chi connectivity index (χ1n) is 5.79. The van der Waals surface area contributed by atoms with Crippen LogP contribution >= 0.6 is 15.9 Å². The van der Waals surface area contributed by atoms with Gasteiger partial charge in [0.25, 0.3) is 0 Å². The molecule has 1 N–H and O–H groups in total. The van der Waals surface area contributed by atoms with E-state index >= 15 is 0 Å². The van der Waals surface area contributed by atoms with Crippen molar-refractivity contribution in [1.82, 2.24) is 5.32 Å². The van der Waals surface area contributed by atoms with Crippen LogP contribution in [0.15, 0.2) is 28.7 Å². The summed E-state index contributed by atoms with van der Waals surface area (Å²) in [5.41, 5.74) is 1.15. The van der Waals surface area contributed by atoms with Gasteiger partial charge in [0.1, 0.15) is 0 Å². The quantitative estimate of drug-likeness (QED) is 0.863. The molecular weight excluding hydrogens is 298 g/mol. The van der Waals surface area contributed by atoms with Gasteiger partial charge in [0.05, 0.1) is 5.25 Å². The Kier molecular flexibility index (Phi) is 3.76. The number of halogens is 1. The van der Waals surface area contributed by atoms with Gasteiger partial charge in [-0.3, -0.25) is 4.21 Å². The van der Waals surface area contributed by atoms with Gasteiger partial charge in [0.2, 0.25) is 0 Å². The summed E-state index contributed by atoms with van der Waals surface area (Å²) in [6.07, 6.45) is 0. The Morgan fingerprint density at radius 1 is 1.35 bits per heavy atom. The van der Waals surface area contributed by atoms with Gasteiger partial charge >= 0.3 is 0 Å². The molecule has 1 aliphatic heterocycles. The predicted octanol–water partition coefficient (Wildman–Crippen LogP) is 3.01. The molecule has 94 valence electrons. The van der Waals surface area contributed by atoms with Crippen molar-refractivity contribution in [2.24, 2.45) is 0 Å². The van der Waals surface area contributed by atoms with Crippen molar-refractivity contribution in [3.8, 4) is 0 Å². The molecule has 1 saturated heterocycles. The number of rotatable bonds is 1. The van der Waals surface area contributed by atoms with Crippen LogP contribution in [0.25, 0.3) is 0 Å². The van der Waals surface area contributed by atoms with Crippen LogP contribution in [0.3, 0.4) is 0 Å². The minimum atomic E-state index is -0.765. The smallest absolute Gasteiger partial charge is 0.0515 e. The normalized spacial score (nSPS) is 32.4. The fourth-order valence-corrected chi connectivity index (χ4v) is 4.09. The molecule has 17 heavy (non-hydrogen) atoms. The minimum Gasteiger partial charge on any atom is -0.303 e. The van der Waals surface area contributed by atoms with Crippen molar-refractivity contribution in [1.29, 1.82) is 0 Å². The molecule has 0 saturated carbocycles. The summed E-state index contributed by atoms with van der Waals surface area (Å²) in [6.45, 7) is 6.29. The van der Waals surface area contributed by atoms with E-state index in [4.69, 9.17) is 0 Å². The first-order valence-corrected chi connectivity index (χ1v) is 7.97. The Bertz CT molecular complexity index is 430. The van der Waals surface area contributed by atoms with Crippen LogP contribution in [0.4, 0.5) is 0 Å². The lowest BCUT2D eigenvalue weighted by molar-refractivity contribution is 0.344. The summed E-state index contributed by atoms with van der Waals surface area (Å²) >= 11 is 3.44. The molecular formula is C13H18BrNOS. The van der Waals surface area contributed by atoms with Gasteiger partial charge in [-0.05, 0) is 38.5 Å². The molecule has 1 heterocycles. The number of benzene rings is 1. The molecule has 3 unspecified atom stereocenters. The lowest BCUT2D eigenvalue weighted by Gasteiger charge is -2.40. The zero-order chi connectivity index (χ0) is 12.6. The Labute approximate surface area is 114 Å². The van der Waals surface area contributed by atoms with Crippen molar-refractivity contribution in [2.45, 2.75) is 37.6 Å². The van der Waals surface area contributed by atoms with E-state index in [0.29, 0.717) is 0 Å². The lowest BCUT2D eigenvalue weighted by atomic mass is 9.99. The molecule has 1 aliphatic rings. The van der Waals surface area contributed by atoms with Crippen molar-refractivity contribution >= 4 is 26.7 Å². The highest BCUT2D eigenvalue weighted by Gasteiger charge is 2.37. The second-order valence-electron chi connectivity index (χ2n) is 5.29. The summed E-state index contributed by atoms with van der Waals surface area (Å²) in [7, 11) is -0.765. The topological polar surface area (TPSA) is 29.1 Å². The number of hydrogen-bond acceptors (Lipinski definition) is 2. The summed E-state index contributed by atoms with van der Waals surface area (Å²) in [5.74, 6) is 0.723. The van der Waals surface area contributed by atoms with Crippen LogP contribution in [-0.4, -0.2) is 20.8 Å². The molecule has 1 fully saturated rings. The fourth-order valence-electron chi connectivity index (χ4n) is 2.24. The molecule has 4 heteroatoms. The Morgan fingerprint density at radius 3 is 2.53 bits per heavy atom. The largest absolute Gasteiger partial charge is 0.303 e. The zero-order valence-electron chi connectivity index (χ0n) is 10.4. The van der Waals surface area contributed by atoms with Crippen molar-refractivity contribution < 1.29 is 4.21 Å². The third-order valence-corrected chi connectivity index (χ3v) is 5.80. The molecule has 3 atom stereocenters. The van der Waals surface area contributed by atoms with Gasteiger partial charge in [-0.1, -0.05) is 28.1 Å². The molecule has 2 rings (SSSR count). The van der Waals surface area contributed by atoms with Crippen LogP contribution in [0.1, 0.15) is 32.4 Å². The molecule has 1 aromatic carbocycles. The van der Waals surface area contributed by atoms with Crippen LogP contribution < -0.4 is 5.32 Å². The first-order chi connectivity index (χ1) is 7.89. The van der Waals surface area contributed by atoms with Gasteiger partial charge < -0.3 is 5.32 Å². The first kappa shape index (κ1) is 13.2. The standard InChI is InChI=1S/C13H18BrNOS/c1-9-12(10-4-6-11(14)7-5-10)15-13(2,3)8-17(9)16/h4-7,9,12,15H,8H2,1-3H3. The summed E-state index contributed by atoms with van der Waals surface area (Å²) in [4.78, 5) is 0. The zero-order valence-corrected chi connectivity index (χ0v) is 12.8. The molecule has 2 nitrogen and oxygen atoms in total. The Hall–Kier alpha value is -0.190. The minimum absolute atomic E-state index is 0.0604. The highest BCUT2D eigenvalue weighted by molar-refractivity contribution is 9.10. The van der Waals surface area contributed by atoms with E-state index in [-0.39, 0.29) is 16.8 Å². The van der Waals surface area contributed by atoms with Crippen LogP contribution in [-0.2, 0) is 10.8 Å². The van der Waals surface area contributed by atoms with Crippen LogP contribution in [0, 0.1) is 0 Å². The highest BCUT2D eigenvalue weighted by Crippen LogP contribution is 2.30. The van der Waals surface area contributed by atoms with Gasteiger partial charge in [-0.25, -0.2) is 0 Å². The van der Waals surface area contributed by atoms with Gasteiger partial charge in [-0.15, -0.1) is 0 Å². The monoisotopic (exact) mass is 315 g/mol. The maximum atomic E-state index is 12.1. The molecule has 0 bridgehead atoms. The third kappa shape index (κ3) is 2.98. The molecule has 0 radical (unpaired) electrons. The fraction of sp³-hybridized carbons (Fsp3) is 0.538. The second kappa shape index (κ2) is 4.82. The van der Waals surface area contributed by atoms with Gasteiger partial charge in [0, 0.05) is 32.6 Å². The molecule has 1 aromatic rings. The van der Waals surface area contributed by atoms with E-state index in [0.717, 1.165) is 10.2 Å². The average Bonchev–Trinajstić information content (AvgIpc) is 2.24. The summed E-state index contributed by atoms with van der Waals surface area (Å²) in [6, 6.07) is 8.43. The maximum absolute atomic E-state index is 12.1. The highest BCUT2D eigenvalue weighted by atomic mass is 79.9. The van der Waals surface area contributed by atoms with E-state index in [2.05, 4.69) is 54.2 Å². The van der Waals surface area contributed by atoms with E-state index < -0.39 is 10.8 Å². The summed E-state index contributed by atoms with van der Waals surface area (Å²) < 4.78 is 13.2. The van der Waals surface area contributed by atoms with Crippen molar-refractivity contribution in [2.75, 3.05) is 5.75 Å². The van der Waals surface area contributed by atoms with E-state index in [1.54, 1.807) is 0 Å². The van der Waals surface area contributed by atoms with E-state index in [1.807, 2.05) is 12.1 Å². The number of nitrogens with one attached hydrogen (secondary N) is 1. The Balaban J connectivity index is 2.30. The third-order valence-electron chi connectivity index (χ3n) is 3.16. The van der Waals surface area contributed by atoms with Crippen LogP contribution in [0.5, 0.6) is 0 Å². The van der Waals surface area contributed by atoms with Gasteiger partial charge in [-0.2, -0.15) is 0 Å².